The van der Waals surface area contributed by atoms with E-state index in [2.05, 4.69) is 71.4 Å². The summed E-state index contributed by atoms with van der Waals surface area (Å²) in [6.07, 6.45) is 4.16. The van der Waals surface area contributed by atoms with Gasteiger partial charge in [-0.3, -0.25) is 18.4 Å². The van der Waals surface area contributed by atoms with E-state index in [1.807, 2.05) is 187 Å². The van der Waals surface area contributed by atoms with Crippen molar-refractivity contribution in [3.05, 3.63) is 300 Å². The third-order valence-electron chi connectivity index (χ3n) is 19.9. The zero-order chi connectivity index (χ0) is 63.3. The fourth-order valence-corrected chi connectivity index (χ4v) is 18.8. The maximum atomic E-state index is 15.5. The summed E-state index contributed by atoms with van der Waals surface area (Å²) in [5.74, 6) is 0. The van der Waals surface area contributed by atoms with Crippen LogP contribution in [0.1, 0.15) is 0 Å². The number of nitrogens with zero attached hydrogens (tertiary/aromatic N) is 4. The number of aromatic nitrogens is 4. The molecular weight excluding hydrogens is 1210 g/mol. The van der Waals surface area contributed by atoms with E-state index >= 15 is 13.2 Å². The first-order valence-corrected chi connectivity index (χ1v) is 34.3. The Bertz CT molecular complexity index is 6780. The fraction of sp³-hybridized carbons (Fsp3) is 0. The van der Waals surface area contributed by atoms with Gasteiger partial charge in [0.1, 0.15) is 0 Å². The molecule has 0 unspecified atom stereocenters. The van der Waals surface area contributed by atoms with Crippen molar-refractivity contribution in [2.75, 3.05) is 0 Å². The average molecular weight is 1260 g/mol. The predicted molar refractivity (Wildman–Crippen MR) is 380 cm³/mol. The van der Waals surface area contributed by atoms with Crippen molar-refractivity contribution in [1.29, 1.82) is 0 Å². The number of rotatable bonds is 7. The smallest absolute Gasteiger partial charge is 0.263 e. The molecule has 10 nitrogen and oxygen atoms in total. The number of benzene rings is 12. The lowest BCUT2D eigenvalue weighted by Gasteiger charge is -2.12. The molecule has 0 N–H and O–H groups in total. The van der Waals surface area contributed by atoms with E-state index in [9.17, 15) is 13.2 Å². The zero-order valence-electron chi connectivity index (χ0n) is 50.1. The molecule has 20 rings (SSSR count). The van der Waals surface area contributed by atoms with Gasteiger partial charge in [-0.25, -0.2) is 21.8 Å². The van der Waals surface area contributed by atoms with Crippen LogP contribution < -0.4 is 11.1 Å². The number of fused-ring (bicyclic) bond motifs is 16. The molecule has 2 aliphatic heterocycles. The molecule has 0 spiro atoms. The summed E-state index contributed by atoms with van der Waals surface area (Å²) in [7, 11) is -7.84. The maximum absolute atomic E-state index is 15.5. The van der Waals surface area contributed by atoms with Gasteiger partial charge in [0.15, 0.2) is 0 Å². The summed E-state index contributed by atoms with van der Waals surface area (Å²) < 4.78 is 63.9. The third-order valence-corrected chi connectivity index (χ3v) is 23.5. The Morgan fingerprint density at radius 3 is 1.26 bits per heavy atom. The van der Waals surface area contributed by atoms with E-state index < -0.39 is 19.7 Å². The lowest BCUT2D eigenvalue weighted by Crippen LogP contribution is -2.13. The Hall–Kier alpha value is -12.1. The van der Waals surface area contributed by atoms with Gasteiger partial charge in [0.25, 0.3) is 11.1 Å². The molecule has 6 aromatic heterocycles. The molecule has 0 atom stereocenters. The molecule has 18 aromatic rings. The van der Waals surface area contributed by atoms with Crippen LogP contribution in [0, 0.1) is 0 Å². The standard InChI is InChI=1S/C83H46N4O6S2/c88-82-64-22-11-10-20-58(64)66-38-56(39-68-65-34-51(28-33-74(65)86(82)80(66)68)53-25-30-61-60-21-12-13-23-76(60)94(90,91)77(61)40-53)54-27-32-63-62-31-26-52(41-78(62)95(92,93)79(63)42-54)50-24-29-59-67-36-55(47-14-4-1-5-15-47)37-69-71-45-85(46-75(71)87(81(67)69)83(89)70(59)35-50)57-43-72(48-16-6-2-7-17-48)84-73(44-57)49-18-8-3-9-19-49/h1-46H. The van der Waals surface area contributed by atoms with Crippen LogP contribution in [0.3, 0.4) is 0 Å². The van der Waals surface area contributed by atoms with Crippen LogP contribution in [0.5, 0.6) is 0 Å². The minimum absolute atomic E-state index is 0.159. The Morgan fingerprint density at radius 2 is 0.663 bits per heavy atom. The molecule has 0 saturated heterocycles. The normalized spacial score (nSPS) is 13.7. The highest BCUT2D eigenvalue weighted by Gasteiger charge is 2.35. The molecule has 0 aliphatic carbocycles. The van der Waals surface area contributed by atoms with Gasteiger partial charge in [0.05, 0.1) is 53.0 Å². The first-order chi connectivity index (χ1) is 46.4. The Labute approximate surface area is 541 Å². The summed E-state index contributed by atoms with van der Waals surface area (Å²) >= 11 is 0. The van der Waals surface area contributed by atoms with E-state index in [0.29, 0.717) is 65.7 Å². The van der Waals surface area contributed by atoms with Crippen molar-refractivity contribution in [3.8, 4) is 95.0 Å². The number of pyridine rings is 3. The Morgan fingerprint density at radius 1 is 0.263 bits per heavy atom. The molecule has 446 valence electrons. The molecule has 0 fully saturated rings. The minimum atomic E-state index is -4.10. The highest BCUT2D eigenvalue weighted by Crippen LogP contribution is 2.50. The first kappa shape index (κ1) is 53.6. The highest BCUT2D eigenvalue weighted by atomic mass is 32.2. The summed E-state index contributed by atoms with van der Waals surface area (Å²) in [5.41, 5.74) is 16.0. The van der Waals surface area contributed by atoms with Gasteiger partial charge >= 0.3 is 0 Å². The topological polar surface area (TPSA) is 129 Å². The van der Waals surface area contributed by atoms with Gasteiger partial charge in [0, 0.05) is 94.6 Å². The molecule has 0 saturated carbocycles. The number of hydrogen-bond donors (Lipinski definition) is 0. The summed E-state index contributed by atoms with van der Waals surface area (Å²) in [6, 6.07) is 86.2. The van der Waals surface area contributed by atoms with Gasteiger partial charge < -0.3 is 4.57 Å². The van der Waals surface area contributed by atoms with E-state index in [4.69, 9.17) is 4.98 Å². The predicted octanol–water partition coefficient (Wildman–Crippen LogP) is 18.5. The molecule has 2 aliphatic rings. The quantitative estimate of drug-likeness (QED) is 0.145. The van der Waals surface area contributed by atoms with Crippen LogP contribution in [0.15, 0.2) is 308 Å². The van der Waals surface area contributed by atoms with Crippen LogP contribution >= 0.6 is 0 Å². The van der Waals surface area contributed by atoms with Crippen molar-refractivity contribution in [3.63, 3.8) is 0 Å². The minimum Gasteiger partial charge on any atom is -0.321 e. The van der Waals surface area contributed by atoms with Gasteiger partial charge in [-0.15, -0.1) is 0 Å². The van der Waals surface area contributed by atoms with Crippen LogP contribution in [0.4, 0.5) is 0 Å². The Balaban J connectivity index is 0.707. The van der Waals surface area contributed by atoms with Gasteiger partial charge in [0.2, 0.25) is 19.7 Å². The second kappa shape index (κ2) is 19.2. The zero-order valence-corrected chi connectivity index (χ0v) is 51.7. The van der Waals surface area contributed by atoms with Crippen LogP contribution in [-0.4, -0.2) is 35.2 Å². The molecule has 12 aromatic carbocycles. The third kappa shape index (κ3) is 7.57. The highest BCUT2D eigenvalue weighted by molar-refractivity contribution is 7.92. The summed E-state index contributed by atoms with van der Waals surface area (Å²) in [5, 5.41) is 7.81. The van der Waals surface area contributed by atoms with E-state index in [-0.39, 0.29) is 25.8 Å². The second-order valence-electron chi connectivity index (χ2n) is 25.0. The van der Waals surface area contributed by atoms with Gasteiger partial charge in [-0.05, 0) is 140 Å². The van der Waals surface area contributed by atoms with Gasteiger partial charge in [-0.1, -0.05) is 182 Å². The van der Waals surface area contributed by atoms with Gasteiger partial charge in [-0.2, -0.15) is 0 Å². The van der Waals surface area contributed by atoms with E-state index in [1.165, 1.54) is 0 Å². The lowest BCUT2D eigenvalue weighted by molar-refractivity contribution is 0.597. The molecule has 0 bridgehead atoms. The van der Waals surface area contributed by atoms with Crippen molar-refractivity contribution >= 4 is 95.6 Å². The first-order valence-electron chi connectivity index (χ1n) is 31.3. The van der Waals surface area contributed by atoms with Crippen molar-refractivity contribution in [2.24, 2.45) is 0 Å². The van der Waals surface area contributed by atoms with Crippen molar-refractivity contribution in [1.82, 2.24) is 18.4 Å². The monoisotopic (exact) mass is 1260 g/mol. The van der Waals surface area contributed by atoms with E-state index in [0.717, 1.165) is 110 Å². The average Bonchev–Trinajstić information content (AvgIpc) is 1.58. The molecule has 12 heteroatoms. The Kier molecular flexibility index (Phi) is 10.9. The molecule has 8 heterocycles. The fourth-order valence-electron chi connectivity index (χ4n) is 15.4. The SMILES string of the molecule is O=c1c2ccccc2c2cc(-c3ccc4c(c3)S(=O)(=O)c3cc(-c5ccc6c(c5)c(=O)n5c7cn(-c8cc(-c9ccccc9)nc(-c9ccccc9)c8)cc7c7cc(-c8ccccc8)cc6c75)ccc3-4)cc3c4cc(-c5ccc6c(c5)S(=O)(=O)c5ccccc5-6)ccc4n1c23. The van der Waals surface area contributed by atoms with Crippen LogP contribution in [-0.2, 0) is 19.7 Å². The largest absolute Gasteiger partial charge is 0.321 e. The molecule has 95 heavy (non-hydrogen) atoms. The molecule has 0 amide bonds. The van der Waals surface area contributed by atoms with E-state index in [1.54, 1.807) is 34.7 Å². The second-order valence-corrected chi connectivity index (χ2v) is 28.7. The molecular formula is C83H46N4O6S2. The van der Waals surface area contributed by atoms with Crippen molar-refractivity contribution in [2.45, 2.75) is 19.6 Å². The number of hydrogen-bond acceptors (Lipinski definition) is 7. The maximum Gasteiger partial charge on any atom is 0.263 e. The van der Waals surface area contributed by atoms with Crippen LogP contribution in [0.2, 0.25) is 0 Å². The number of sulfone groups is 2. The van der Waals surface area contributed by atoms with Crippen LogP contribution in [0.25, 0.3) is 171 Å². The lowest BCUT2D eigenvalue weighted by atomic mass is 9.94. The molecule has 0 radical (unpaired) electrons. The summed E-state index contributed by atoms with van der Waals surface area (Å²) in [4.78, 5) is 36.2. The van der Waals surface area contributed by atoms with Crippen molar-refractivity contribution < 1.29 is 16.8 Å². The summed E-state index contributed by atoms with van der Waals surface area (Å²) in [6.45, 7) is 0.